The molecular weight excluding hydrogens is 333 g/mol. The number of urea groups is 1. The summed E-state index contributed by atoms with van der Waals surface area (Å²) < 4.78 is 13.2. The van der Waals surface area contributed by atoms with Crippen molar-refractivity contribution in [2.75, 3.05) is 5.32 Å². The van der Waals surface area contributed by atoms with E-state index < -0.39 is 12.1 Å². The Labute approximate surface area is 151 Å². The van der Waals surface area contributed by atoms with Gasteiger partial charge >= 0.3 is 6.03 Å². The summed E-state index contributed by atoms with van der Waals surface area (Å²) in [4.78, 5) is 24.8. The average molecular weight is 353 g/mol. The first kappa shape index (κ1) is 17.7. The maximum Gasteiger partial charge on any atom is 0.319 e. The summed E-state index contributed by atoms with van der Waals surface area (Å²) >= 11 is 0. The van der Waals surface area contributed by atoms with Gasteiger partial charge in [-0.05, 0) is 50.1 Å². The largest absolute Gasteiger partial charge is 0.327 e. The predicted octanol–water partition coefficient (Wildman–Crippen LogP) is 3.71. The van der Waals surface area contributed by atoms with E-state index in [1.165, 1.54) is 12.1 Å². The summed E-state index contributed by atoms with van der Waals surface area (Å²) in [7, 11) is 0. The molecular formula is C20H20FN3O2. The van der Waals surface area contributed by atoms with Gasteiger partial charge in [0.25, 0.3) is 5.91 Å². The Kier molecular flexibility index (Phi) is 4.75. The molecule has 26 heavy (non-hydrogen) atoms. The lowest BCUT2D eigenvalue weighted by molar-refractivity contribution is -0.113. The molecule has 5 nitrogen and oxygen atoms in total. The van der Waals surface area contributed by atoms with Crippen LogP contribution in [0.4, 0.5) is 14.9 Å². The number of carbonyl (C=O) groups excluding carboxylic acids is 2. The zero-order chi connectivity index (χ0) is 18.8. The van der Waals surface area contributed by atoms with Crippen molar-refractivity contribution in [2.45, 2.75) is 26.8 Å². The van der Waals surface area contributed by atoms with Gasteiger partial charge in [-0.25, -0.2) is 9.18 Å². The molecule has 0 radical (unpaired) electrons. The SMILES string of the molecule is CC1=C(C(=O)Nc2ccc(C)cc2C)[C@@H](c2ccc(F)cc2)NC(=O)N1. The molecule has 6 heteroatoms. The highest BCUT2D eigenvalue weighted by molar-refractivity contribution is 6.07. The van der Waals surface area contributed by atoms with Crippen LogP contribution in [0.1, 0.15) is 29.7 Å². The molecule has 3 amide bonds. The number of anilines is 1. The number of rotatable bonds is 3. The number of benzene rings is 2. The Morgan fingerprint density at radius 3 is 2.42 bits per heavy atom. The second kappa shape index (κ2) is 7.00. The fourth-order valence-electron chi connectivity index (χ4n) is 3.04. The first-order chi connectivity index (χ1) is 12.3. The number of hydrogen-bond donors (Lipinski definition) is 3. The zero-order valence-corrected chi connectivity index (χ0v) is 14.8. The molecule has 0 aliphatic carbocycles. The molecule has 1 atom stereocenters. The number of aryl methyl sites for hydroxylation is 2. The molecule has 2 aromatic rings. The van der Waals surface area contributed by atoms with Crippen LogP contribution in [0.25, 0.3) is 0 Å². The van der Waals surface area contributed by atoms with E-state index in [1.807, 2.05) is 32.0 Å². The zero-order valence-electron chi connectivity index (χ0n) is 14.8. The summed E-state index contributed by atoms with van der Waals surface area (Å²) in [6, 6.07) is 10.4. The van der Waals surface area contributed by atoms with Crippen molar-refractivity contribution in [3.05, 3.63) is 76.2 Å². The van der Waals surface area contributed by atoms with E-state index in [0.717, 1.165) is 11.1 Å². The maximum atomic E-state index is 13.2. The van der Waals surface area contributed by atoms with Crippen LogP contribution in [0.2, 0.25) is 0 Å². The highest BCUT2D eigenvalue weighted by Crippen LogP contribution is 2.28. The van der Waals surface area contributed by atoms with E-state index in [-0.39, 0.29) is 11.7 Å². The van der Waals surface area contributed by atoms with Crippen molar-refractivity contribution < 1.29 is 14.0 Å². The fraction of sp³-hybridized carbons (Fsp3) is 0.200. The van der Waals surface area contributed by atoms with Crippen molar-refractivity contribution in [2.24, 2.45) is 0 Å². The quantitative estimate of drug-likeness (QED) is 0.787. The van der Waals surface area contributed by atoms with Crippen LogP contribution in [-0.4, -0.2) is 11.9 Å². The summed E-state index contributed by atoms with van der Waals surface area (Å²) in [5, 5.41) is 8.26. The van der Waals surface area contributed by atoms with Crippen LogP contribution >= 0.6 is 0 Å². The van der Waals surface area contributed by atoms with Gasteiger partial charge < -0.3 is 16.0 Å². The molecule has 0 saturated heterocycles. The number of allylic oxidation sites excluding steroid dienone is 1. The highest BCUT2D eigenvalue weighted by Gasteiger charge is 2.31. The van der Waals surface area contributed by atoms with E-state index in [4.69, 9.17) is 0 Å². The van der Waals surface area contributed by atoms with E-state index in [0.29, 0.717) is 22.5 Å². The molecule has 0 unspecified atom stereocenters. The molecule has 1 aliphatic heterocycles. The van der Waals surface area contributed by atoms with E-state index in [2.05, 4.69) is 16.0 Å². The number of halogens is 1. The van der Waals surface area contributed by atoms with E-state index >= 15 is 0 Å². The maximum absolute atomic E-state index is 13.2. The normalized spacial score (nSPS) is 16.8. The van der Waals surface area contributed by atoms with Crippen molar-refractivity contribution in [1.29, 1.82) is 0 Å². The number of amides is 3. The Balaban J connectivity index is 1.95. The van der Waals surface area contributed by atoms with E-state index in [1.54, 1.807) is 19.1 Å². The molecule has 2 aromatic carbocycles. The van der Waals surface area contributed by atoms with Gasteiger partial charge in [0.05, 0.1) is 11.6 Å². The van der Waals surface area contributed by atoms with Crippen LogP contribution < -0.4 is 16.0 Å². The summed E-state index contributed by atoms with van der Waals surface area (Å²) in [6.45, 7) is 5.57. The second-order valence-electron chi connectivity index (χ2n) is 6.39. The lowest BCUT2D eigenvalue weighted by Crippen LogP contribution is -2.46. The molecule has 1 aliphatic rings. The lowest BCUT2D eigenvalue weighted by atomic mass is 9.94. The van der Waals surface area contributed by atoms with Crippen molar-refractivity contribution in [3.63, 3.8) is 0 Å². The van der Waals surface area contributed by atoms with Gasteiger partial charge in [0.1, 0.15) is 5.82 Å². The van der Waals surface area contributed by atoms with Gasteiger partial charge in [-0.1, -0.05) is 29.8 Å². The molecule has 1 heterocycles. The third-order valence-electron chi connectivity index (χ3n) is 4.35. The predicted molar refractivity (Wildman–Crippen MR) is 98.1 cm³/mol. The molecule has 0 spiro atoms. The van der Waals surface area contributed by atoms with Crippen LogP contribution in [0, 0.1) is 19.7 Å². The standard InChI is InChI=1S/C20H20FN3O2/c1-11-4-9-16(12(2)10-11)23-19(25)17-13(3)22-20(26)24-18(17)14-5-7-15(21)8-6-14/h4-10,18H,1-3H3,(H,23,25)(H2,22,24,26)/t18-/m1/s1. The minimum absolute atomic E-state index is 0.323. The first-order valence-corrected chi connectivity index (χ1v) is 8.27. The second-order valence-corrected chi connectivity index (χ2v) is 6.39. The summed E-state index contributed by atoms with van der Waals surface area (Å²) in [5.74, 6) is -0.702. The van der Waals surface area contributed by atoms with Crippen molar-refractivity contribution in [3.8, 4) is 0 Å². The number of carbonyl (C=O) groups is 2. The third kappa shape index (κ3) is 3.59. The van der Waals surface area contributed by atoms with Crippen LogP contribution in [0.15, 0.2) is 53.7 Å². The van der Waals surface area contributed by atoms with Crippen molar-refractivity contribution >= 4 is 17.6 Å². The molecule has 3 N–H and O–H groups in total. The molecule has 3 rings (SSSR count). The average Bonchev–Trinajstić information content (AvgIpc) is 2.57. The smallest absolute Gasteiger partial charge is 0.319 e. The molecule has 0 aromatic heterocycles. The topological polar surface area (TPSA) is 70.2 Å². The Bertz CT molecular complexity index is 904. The molecule has 0 fully saturated rings. The van der Waals surface area contributed by atoms with Gasteiger partial charge in [-0.3, -0.25) is 4.79 Å². The van der Waals surface area contributed by atoms with Gasteiger partial charge in [0.2, 0.25) is 0 Å². The summed E-state index contributed by atoms with van der Waals surface area (Å²) in [5.41, 5.74) is 4.23. The number of hydrogen-bond acceptors (Lipinski definition) is 2. The van der Waals surface area contributed by atoms with Crippen LogP contribution in [0.5, 0.6) is 0 Å². The third-order valence-corrected chi connectivity index (χ3v) is 4.35. The number of nitrogens with one attached hydrogen (secondary N) is 3. The van der Waals surface area contributed by atoms with Crippen molar-refractivity contribution in [1.82, 2.24) is 10.6 Å². The molecule has 0 saturated carbocycles. The molecule has 0 bridgehead atoms. The fourth-order valence-corrected chi connectivity index (χ4v) is 3.04. The van der Waals surface area contributed by atoms with Gasteiger partial charge in [-0.15, -0.1) is 0 Å². The van der Waals surface area contributed by atoms with E-state index in [9.17, 15) is 14.0 Å². The first-order valence-electron chi connectivity index (χ1n) is 8.27. The van der Waals surface area contributed by atoms with Gasteiger partial charge in [0, 0.05) is 11.4 Å². The van der Waals surface area contributed by atoms with Crippen LogP contribution in [-0.2, 0) is 4.79 Å². The minimum Gasteiger partial charge on any atom is -0.327 e. The monoisotopic (exact) mass is 353 g/mol. The van der Waals surface area contributed by atoms with Gasteiger partial charge in [-0.2, -0.15) is 0 Å². The Morgan fingerprint density at radius 1 is 1.08 bits per heavy atom. The minimum atomic E-state index is -0.657. The van der Waals surface area contributed by atoms with Gasteiger partial charge in [0.15, 0.2) is 0 Å². The highest BCUT2D eigenvalue weighted by atomic mass is 19.1. The lowest BCUT2D eigenvalue weighted by Gasteiger charge is -2.28. The molecule has 134 valence electrons. The van der Waals surface area contributed by atoms with Crippen LogP contribution in [0.3, 0.4) is 0 Å². The Morgan fingerprint density at radius 2 is 1.77 bits per heavy atom. The summed E-state index contributed by atoms with van der Waals surface area (Å²) in [6.07, 6.45) is 0. The Hall–Kier alpha value is -3.15.